The van der Waals surface area contributed by atoms with Crippen LogP contribution in [0.5, 0.6) is 0 Å². The highest BCUT2D eigenvalue weighted by Crippen LogP contribution is 2.25. The Morgan fingerprint density at radius 2 is 2.14 bits per heavy atom. The largest absolute Gasteiger partial charge is 0.394 e. The molecule has 2 N–H and O–H groups in total. The second-order valence-electron chi connectivity index (χ2n) is 4.92. The molecule has 0 radical (unpaired) electrons. The Morgan fingerprint density at radius 3 is 2.71 bits per heavy atom. The number of hydrogen-bond acceptors (Lipinski definition) is 5. The summed E-state index contributed by atoms with van der Waals surface area (Å²) in [5.74, 6) is -0.602. The lowest BCUT2D eigenvalue weighted by atomic mass is 9.90. The first-order valence-corrected chi connectivity index (χ1v) is 6.80. The molecule has 1 saturated heterocycles. The number of carbonyl (C=O) groups excluding carboxylic acids is 1. The van der Waals surface area contributed by atoms with Gasteiger partial charge in [0.05, 0.1) is 17.1 Å². The molecule has 0 unspecified atom stereocenters. The number of amides is 1. The van der Waals surface area contributed by atoms with E-state index in [0.29, 0.717) is 26.1 Å². The van der Waals surface area contributed by atoms with Gasteiger partial charge in [-0.25, -0.2) is 0 Å². The van der Waals surface area contributed by atoms with Gasteiger partial charge >= 0.3 is 0 Å². The number of nitro groups is 1. The van der Waals surface area contributed by atoms with E-state index in [2.05, 4.69) is 5.32 Å². The average molecular weight is 315 g/mol. The van der Waals surface area contributed by atoms with Crippen LogP contribution in [-0.4, -0.2) is 41.3 Å². The van der Waals surface area contributed by atoms with Crippen LogP contribution in [0.25, 0.3) is 0 Å². The van der Waals surface area contributed by atoms with Crippen LogP contribution >= 0.6 is 11.6 Å². The van der Waals surface area contributed by atoms with E-state index in [0.717, 1.165) is 6.07 Å². The van der Waals surface area contributed by atoms with Crippen molar-refractivity contribution in [1.29, 1.82) is 0 Å². The molecule has 1 amide bonds. The molecule has 1 aromatic carbocycles. The van der Waals surface area contributed by atoms with Crippen LogP contribution in [0.15, 0.2) is 18.2 Å². The maximum atomic E-state index is 12.3. The Hall–Kier alpha value is -1.70. The molecule has 0 spiro atoms. The van der Waals surface area contributed by atoms with E-state index in [1.807, 2.05) is 0 Å². The summed E-state index contributed by atoms with van der Waals surface area (Å²) in [6.07, 6.45) is 0.910. The summed E-state index contributed by atoms with van der Waals surface area (Å²) in [5, 5.41) is 23.4. The van der Waals surface area contributed by atoms with Crippen molar-refractivity contribution in [2.24, 2.45) is 0 Å². The van der Waals surface area contributed by atoms with Crippen molar-refractivity contribution in [2.75, 3.05) is 19.8 Å². The van der Waals surface area contributed by atoms with Gasteiger partial charge in [-0.3, -0.25) is 14.9 Å². The number of rotatable bonds is 4. The molecule has 7 nitrogen and oxygen atoms in total. The number of ether oxygens (including phenoxy) is 1. The maximum Gasteiger partial charge on any atom is 0.283 e. The van der Waals surface area contributed by atoms with E-state index in [1.165, 1.54) is 12.1 Å². The third-order valence-electron chi connectivity index (χ3n) is 3.53. The van der Waals surface area contributed by atoms with Crippen molar-refractivity contribution in [3.05, 3.63) is 38.9 Å². The number of hydrogen-bond donors (Lipinski definition) is 2. The number of carbonyl (C=O) groups is 1. The second-order valence-corrected chi connectivity index (χ2v) is 5.36. The van der Waals surface area contributed by atoms with Gasteiger partial charge in [-0.1, -0.05) is 11.6 Å². The molecule has 0 aromatic heterocycles. The van der Waals surface area contributed by atoms with Gasteiger partial charge in [0, 0.05) is 24.3 Å². The van der Waals surface area contributed by atoms with Crippen LogP contribution in [-0.2, 0) is 4.74 Å². The molecule has 1 fully saturated rings. The van der Waals surface area contributed by atoms with Gasteiger partial charge in [0.2, 0.25) is 0 Å². The summed E-state index contributed by atoms with van der Waals surface area (Å²) in [7, 11) is 0. The van der Waals surface area contributed by atoms with Crippen molar-refractivity contribution in [3.63, 3.8) is 0 Å². The third kappa shape index (κ3) is 3.49. The molecule has 0 saturated carbocycles. The number of benzene rings is 1. The van der Waals surface area contributed by atoms with Crippen molar-refractivity contribution >= 4 is 23.2 Å². The Morgan fingerprint density at radius 1 is 1.48 bits per heavy atom. The first-order valence-electron chi connectivity index (χ1n) is 6.42. The summed E-state index contributed by atoms with van der Waals surface area (Å²) in [5.41, 5.74) is -1.24. The topological polar surface area (TPSA) is 102 Å². The fourth-order valence-corrected chi connectivity index (χ4v) is 2.41. The SMILES string of the molecule is O=C(NC1(CO)CCOCC1)c1ccc(Cl)cc1[N+](=O)[O-]. The van der Waals surface area contributed by atoms with Crippen LogP contribution < -0.4 is 5.32 Å². The highest BCUT2D eigenvalue weighted by Gasteiger charge is 2.35. The highest BCUT2D eigenvalue weighted by molar-refractivity contribution is 6.31. The molecule has 1 aliphatic heterocycles. The van der Waals surface area contributed by atoms with Crippen molar-refractivity contribution in [1.82, 2.24) is 5.32 Å². The van der Waals surface area contributed by atoms with E-state index < -0.39 is 16.4 Å². The molecule has 1 aliphatic rings. The van der Waals surface area contributed by atoms with Gasteiger partial charge in [-0.2, -0.15) is 0 Å². The van der Waals surface area contributed by atoms with E-state index >= 15 is 0 Å². The first kappa shape index (κ1) is 15.7. The molecule has 114 valence electrons. The summed E-state index contributed by atoms with van der Waals surface area (Å²) in [6.45, 7) is 0.594. The predicted octanol–water partition coefficient (Wildman–Crippen LogP) is 1.52. The molecule has 0 atom stereocenters. The van der Waals surface area contributed by atoms with Gasteiger partial charge in [-0.05, 0) is 25.0 Å². The molecule has 0 bridgehead atoms. The van der Waals surface area contributed by atoms with E-state index in [9.17, 15) is 20.0 Å². The van der Waals surface area contributed by atoms with Crippen LogP contribution in [0.1, 0.15) is 23.2 Å². The average Bonchev–Trinajstić information content (AvgIpc) is 2.47. The highest BCUT2D eigenvalue weighted by atomic mass is 35.5. The minimum atomic E-state index is -0.803. The Labute approximate surface area is 126 Å². The zero-order valence-electron chi connectivity index (χ0n) is 11.2. The lowest BCUT2D eigenvalue weighted by Gasteiger charge is -2.36. The number of nitrogens with one attached hydrogen (secondary N) is 1. The zero-order chi connectivity index (χ0) is 15.5. The Balaban J connectivity index is 2.25. The quantitative estimate of drug-likeness (QED) is 0.648. The first-order chi connectivity index (χ1) is 9.97. The number of nitro benzene ring substituents is 1. The molecule has 2 rings (SSSR count). The number of nitrogens with zero attached hydrogens (tertiary/aromatic N) is 1. The third-order valence-corrected chi connectivity index (χ3v) is 3.77. The molecular weight excluding hydrogens is 300 g/mol. The number of aliphatic hydroxyl groups excluding tert-OH is 1. The second kappa shape index (κ2) is 6.38. The van der Waals surface area contributed by atoms with Gasteiger partial charge < -0.3 is 15.2 Å². The predicted molar refractivity (Wildman–Crippen MR) is 75.4 cm³/mol. The summed E-state index contributed by atoms with van der Waals surface area (Å²) >= 11 is 5.72. The minimum absolute atomic E-state index is 0.0799. The molecule has 1 aromatic rings. The minimum Gasteiger partial charge on any atom is -0.394 e. The van der Waals surface area contributed by atoms with E-state index in [4.69, 9.17) is 16.3 Å². The summed E-state index contributed by atoms with van der Waals surface area (Å²) < 4.78 is 5.20. The summed E-state index contributed by atoms with van der Waals surface area (Å²) in [4.78, 5) is 22.7. The zero-order valence-corrected chi connectivity index (χ0v) is 11.9. The number of halogens is 1. The van der Waals surface area contributed by atoms with Crippen molar-refractivity contribution in [3.8, 4) is 0 Å². The van der Waals surface area contributed by atoms with Gasteiger partial charge in [0.25, 0.3) is 11.6 Å². The molecule has 21 heavy (non-hydrogen) atoms. The molecule has 1 heterocycles. The standard InChI is InChI=1S/C13H15ClN2O5/c14-9-1-2-10(11(7-9)16(19)20)12(18)15-13(8-17)3-5-21-6-4-13/h1-2,7,17H,3-6,8H2,(H,15,18). The van der Waals surface area contributed by atoms with E-state index in [-0.39, 0.29) is 22.9 Å². The van der Waals surface area contributed by atoms with Crippen LogP contribution in [0.2, 0.25) is 5.02 Å². The normalized spacial score (nSPS) is 17.2. The monoisotopic (exact) mass is 314 g/mol. The molecule has 8 heteroatoms. The van der Waals surface area contributed by atoms with Gasteiger partial charge in [0.1, 0.15) is 5.56 Å². The lowest BCUT2D eigenvalue weighted by molar-refractivity contribution is -0.385. The summed E-state index contributed by atoms with van der Waals surface area (Å²) in [6, 6.07) is 3.85. The van der Waals surface area contributed by atoms with Gasteiger partial charge in [0.15, 0.2) is 0 Å². The fourth-order valence-electron chi connectivity index (χ4n) is 2.24. The molecular formula is C13H15ClN2O5. The van der Waals surface area contributed by atoms with E-state index in [1.54, 1.807) is 0 Å². The van der Waals surface area contributed by atoms with Crippen LogP contribution in [0.4, 0.5) is 5.69 Å². The van der Waals surface area contributed by atoms with Crippen LogP contribution in [0, 0.1) is 10.1 Å². The van der Waals surface area contributed by atoms with Gasteiger partial charge in [-0.15, -0.1) is 0 Å². The van der Waals surface area contributed by atoms with Crippen molar-refractivity contribution < 1.29 is 19.6 Å². The Kier molecular flexibility index (Phi) is 4.76. The lowest BCUT2D eigenvalue weighted by Crippen LogP contribution is -2.54. The number of aliphatic hydroxyl groups is 1. The van der Waals surface area contributed by atoms with Crippen LogP contribution in [0.3, 0.4) is 0 Å². The van der Waals surface area contributed by atoms with Crippen molar-refractivity contribution in [2.45, 2.75) is 18.4 Å². The fraction of sp³-hybridized carbons (Fsp3) is 0.462. The Bertz CT molecular complexity index is 557. The molecule has 0 aliphatic carbocycles. The smallest absolute Gasteiger partial charge is 0.283 e. The maximum absolute atomic E-state index is 12.3.